The van der Waals surface area contributed by atoms with Gasteiger partial charge in [0.05, 0.1) is 13.2 Å². The van der Waals surface area contributed by atoms with E-state index < -0.39 is 29.8 Å². The third kappa shape index (κ3) is 3.87. The van der Waals surface area contributed by atoms with Crippen LogP contribution in [0.1, 0.15) is 33.6 Å². The molecule has 6 heteroatoms. The van der Waals surface area contributed by atoms with Crippen LogP contribution in [-0.4, -0.2) is 53.5 Å². The Hall–Kier alpha value is -1.30. The molecule has 1 aliphatic heterocycles. The van der Waals surface area contributed by atoms with E-state index in [0.717, 1.165) is 0 Å². The van der Waals surface area contributed by atoms with Crippen LogP contribution < -0.4 is 0 Å². The number of aliphatic hydroxyl groups excluding tert-OH is 1. The Balaban J connectivity index is 2.77. The first kappa shape index (κ1) is 14.8. The van der Waals surface area contributed by atoms with Gasteiger partial charge in [-0.1, -0.05) is 0 Å². The van der Waals surface area contributed by atoms with Gasteiger partial charge in [-0.15, -0.1) is 0 Å². The fourth-order valence-corrected chi connectivity index (χ4v) is 1.85. The van der Waals surface area contributed by atoms with Gasteiger partial charge < -0.3 is 14.6 Å². The monoisotopic (exact) mass is 259 g/mol. The predicted molar refractivity (Wildman–Crippen MR) is 64.0 cm³/mol. The molecule has 18 heavy (non-hydrogen) atoms. The number of methoxy groups -OCH3 is 1. The SMILES string of the molecule is COC(=O)[C@H]1CC(O)CCN1C(=O)OC(C)(C)C. The van der Waals surface area contributed by atoms with Crippen molar-refractivity contribution in [2.75, 3.05) is 13.7 Å². The van der Waals surface area contributed by atoms with E-state index in [0.29, 0.717) is 6.42 Å². The van der Waals surface area contributed by atoms with E-state index in [1.54, 1.807) is 20.8 Å². The lowest BCUT2D eigenvalue weighted by molar-refractivity contribution is -0.149. The molecule has 0 spiro atoms. The van der Waals surface area contributed by atoms with Crippen LogP contribution in [0.25, 0.3) is 0 Å². The van der Waals surface area contributed by atoms with Crippen LogP contribution in [0.4, 0.5) is 4.79 Å². The van der Waals surface area contributed by atoms with Crippen molar-refractivity contribution < 1.29 is 24.2 Å². The number of aliphatic hydroxyl groups is 1. The van der Waals surface area contributed by atoms with Gasteiger partial charge in [0.15, 0.2) is 0 Å². The van der Waals surface area contributed by atoms with Crippen LogP contribution in [0.5, 0.6) is 0 Å². The Kier molecular flexibility index (Phi) is 4.56. The molecule has 6 nitrogen and oxygen atoms in total. The van der Waals surface area contributed by atoms with Crippen LogP contribution in [0.2, 0.25) is 0 Å². The third-order valence-corrected chi connectivity index (χ3v) is 2.68. The number of nitrogens with zero attached hydrogens (tertiary/aromatic N) is 1. The first-order valence-electron chi connectivity index (χ1n) is 6.00. The van der Waals surface area contributed by atoms with Gasteiger partial charge in [0, 0.05) is 13.0 Å². The second-order valence-electron chi connectivity index (χ2n) is 5.39. The molecule has 1 fully saturated rings. The minimum Gasteiger partial charge on any atom is -0.467 e. The van der Waals surface area contributed by atoms with Gasteiger partial charge in [-0.2, -0.15) is 0 Å². The number of carbonyl (C=O) groups excluding carboxylic acids is 2. The minimum absolute atomic E-state index is 0.186. The molecule has 1 unspecified atom stereocenters. The number of hydrogen-bond acceptors (Lipinski definition) is 5. The van der Waals surface area contributed by atoms with Gasteiger partial charge in [-0.3, -0.25) is 4.90 Å². The summed E-state index contributed by atoms with van der Waals surface area (Å²) in [6, 6.07) is -0.770. The summed E-state index contributed by atoms with van der Waals surface area (Å²) in [6.07, 6.45) is -0.517. The largest absolute Gasteiger partial charge is 0.467 e. The molecule has 1 saturated heterocycles. The highest BCUT2D eigenvalue weighted by atomic mass is 16.6. The van der Waals surface area contributed by atoms with Gasteiger partial charge in [0.25, 0.3) is 0 Å². The van der Waals surface area contributed by atoms with E-state index in [2.05, 4.69) is 4.74 Å². The first-order chi connectivity index (χ1) is 8.24. The Labute approximate surface area is 107 Å². The summed E-state index contributed by atoms with van der Waals surface area (Å²) in [5.74, 6) is -0.528. The van der Waals surface area contributed by atoms with Crippen molar-refractivity contribution in [1.82, 2.24) is 4.90 Å². The zero-order valence-electron chi connectivity index (χ0n) is 11.3. The van der Waals surface area contributed by atoms with E-state index in [-0.39, 0.29) is 13.0 Å². The predicted octanol–water partition coefficient (Wildman–Crippen LogP) is 0.920. The smallest absolute Gasteiger partial charge is 0.411 e. The van der Waals surface area contributed by atoms with Gasteiger partial charge in [0.2, 0.25) is 0 Å². The summed E-state index contributed by atoms with van der Waals surface area (Å²) in [5, 5.41) is 9.57. The van der Waals surface area contributed by atoms with Crippen LogP contribution in [0.3, 0.4) is 0 Å². The Bertz CT molecular complexity index is 323. The van der Waals surface area contributed by atoms with Gasteiger partial charge in [0.1, 0.15) is 11.6 Å². The molecule has 1 heterocycles. The van der Waals surface area contributed by atoms with Crippen LogP contribution >= 0.6 is 0 Å². The number of carbonyl (C=O) groups is 2. The van der Waals surface area contributed by atoms with E-state index >= 15 is 0 Å². The number of likely N-dealkylation sites (tertiary alicyclic amines) is 1. The average Bonchev–Trinajstić information content (AvgIpc) is 2.25. The van der Waals surface area contributed by atoms with E-state index in [1.165, 1.54) is 12.0 Å². The summed E-state index contributed by atoms with van der Waals surface area (Å²) in [7, 11) is 1.26. The zero-order chi connectivity index (χ0) is 13.9. The van der Waals surface area contributed by atoms with Crippen molar-refractivity contribution in [2.24, 2.45) is 0 Å². The number of esters is 1. The minimum atomic E-state index is -0.770. The molecule has 0 radical (unpaired) electrons. The van der Waals surface area contributed by atoms with Crippen molar-refractivity contribution >= 4 is 12.1 Å². The molecule has 2 atom stereocenters. The highest BCUT2D eigenvalue weighted by molar-refractivity contribution is 5.81. The van der Waals surface area contributed by atoms with Crippen molar-refractivity contribution in [3.05, 3.63) is 0 Å². The Morgan fingerprint density at radius 2 is 1.94 bits per heavy atom. The van der Waals surface area contributed by atoms with Gasteiger partial charge in [-0.25, -0.2) is 9.59 Å². The molecule has 0 aliphatic carbocycles. The summed E-state index contributed by atoms with van der Waals surface area (Å²) in [5.41, 5.74) is -0.617. The molecular formula is C12H21NO5. The molecule has 1 N–H and O–H groups in total. The molecule has 1 rings (SSSR count). The highest BCUT2D eigenvalue weighted by Gasteiger charge is 2.38. The summed E-state index contributed by atoms with van der Waals surface area (Å²) < 4.78 is 9.88. The molecule has 1 amide bonds. The van der Waals surface area contributed by atoms with Crippen molar-refractivity contribution in [2.45, 2.75) is 51.4 Å². The summed E-state index contributed by atoms with van der Waals surface area (Å²) in [6.45, 7) is 5.57. The van der Waals surface area contributed by atoms with E-state index in [1.807, 2.05) is 0 Å². The van der Waals surface area contributed by atoms with Gasteiger partial charge in [-0.05, 0) is 27.2 Å². The molecule has 104 valence electrons. The number of ether oxygens (including phenoxy) is 2. The lowest BCUT2D eigenvalue weighted by Crippen LogP contribution is -2.53. The van der Waals surface area contributed by atoms with E-state index in [9.17, 15) is 14.7 Å². The van der Waals surface area contributed by atoms with Gasteiger partial charge >= 0.3 is 12.1 Å². The quantitative estimate of drug-likeness (QED) is 0.709. The molecule has 0 aromatic rings. The van der Waals surface area contributed by atoms with E-state index in [4.69, 9.17) is 4.74 Å². The standard InChI is InChI=1S/C12H21NO5/c1-12(2,3)18-11(16)13-6-5-8(14)7-9(13)10(15)17-4/h8-9,14H,5-7H2,1-4H3/t8?,9-/m1/s1. The van der Waals surface area contributed by atoms with Crippen molar-refractivity contribution in [1.29, 1.82) is 0 Å². The number of hydrogen-bond donors (Lipinski definition) is 1. The molecule has 0 aromatic carbocycles. The summed E-state index contributed by atoms with van der Waals surface area (Å²) >= 11 is 0. The average molecular weight is 259 g/mol. The van der Waals surface area contributed by atoms with Crippen molar-refractivity contribution in [3.8, 4) is 0 Å². The third-order valence-electron chi connectivity index (χ3n) is 2.68. The molecule has 1 aliphatic rings. The molecule has 0 saturated carbocycles. The maximum absolute atomic E-state index is 12.0. The normalized spacial score (nSPS) is 24.6. The lowest BCUT2D eigenvalue weighted by atomic mass is 10.00. The topological polar surface area (TPSA) is 76.1 Å². The maximum Gasteiger partial charge on any atom is 0.411 e. The van der Waals surface area contributed by atoms with Crippen LogP contribution in [0.15, 0.2) is 0 Å². The Morgan fingerprint density at radius 3 is 2.44 bits per heavy atom. The number of amides is 1. The maximum atomic E-state index is 12.0. The number of piperidine rings is 1. The lowest BCUT2D eigenvalue weighted by Gasteiger charge is -2.36. The van der Waals surface area contributed by atoms with Crippen LogP contribution in [0, 0.1) is 0 Å². The Morgan fingerprint density at radius 1 is 1.33 bits per heavy atom. The highest BCUT2D eigenvalue weighted by Crippen LogP contribution is 2.21. The van der Waals surface area contributed by atoms with Crippen LogP contribution in [-0.2, 0) is 14.3 Å². The molecule has 0 bridgehead atoms. The summed E-state index contributed by atoms with van der Waals surface area (Å²) in [4.78, 5) is 24.9. The molecular weight excluding hydrogens is 238 g/mol. The molecule has 0 aromatic heterocycles. The second kappa shape index (κ2) is 5.56. The second-order valence-corrected chi connectivity index (χ2v) is 5.39. The fourth-order valence-electron chi connectivity index (χ4n) is 1.85. The van der Waals surface area contributed by atoms with Crippen molar-refractivity contribution in [3.63, 3.8) is 0 Å². The first-order valence-corrected chi connectivity index (χ1v) is 6.00. The fraction of sp³-hybridized carbons (Fsp3) is 0.833. The zero-order valence-corrected chi connectivity index (χ0v) is 11.3. The number of rotatable bonds is 1.